The van der Waals surface area contributed by atoms with Gasteiger partial charge in [-0.15, -0.1) is 0 Å². The molecule has 1 saturated heterocycles. The molecule has 2 atom stereocenters. The Morgan fingerprint density at radius 3 is 0.867 bits per heavy atom. The van der Waals surface area contributed by atoms with E-state index < -0.39 is 23.9 Å². The van der Waals surface area contributed by atoms with Crippen molar-refractivity contribution in [3.05, 3.63) is 182 Å². The Hall–Kier alpha value is -3.60. The number of benzene rings is 6. The van der Waals surface area contributed by atoms with Gasteiger partial charge in [0.15, 0.2) is 0 Å². The van der Waals surface area contributed by atoms with Crippen LogP contribution in [-0.2, 0) is 0 Å². The fourth-order valence-electron chi connectivity index (χ4n) is 7.51. The first-order valence-electron chi connectivity index (χ1n) is 16.2. The van der Waals surface area contributed by atoms with Gasteiger partial charge >= 0.3 is 0 Å². The van der Waals surface area contributed by atoms with E-state index in [1.165, 1.54) is 45.6 Å². The first-order chi connectivity index (χ1) is 22.3. The van der Waals surface area contributed by atoms with Gasteiger partial charge in [-0.05, 0) is 73.3 Å². The third-order valence-corrected chi connectivity index (χ3v) is 20.3. The molecule has 0 bridgehead atoms. The molecule has 1 aliphatic rings. The molecule has 1 heterocycles. The summed E-state index contributed by atoms with van der Waals surface area (Å²) in [6.07, 6.45) is 2.49. The molecule has 3 heteroatoms. The lowest BCUT2D eigenvalue weighted by Crippen LogP contribution is -2.56. The van der Waals surface area contributed by atoms with Crippen LogP contribution in [0.25, 0.3) is 0 Å². The van der Waals surface area contributed by atoms with Crippen LogP contribution in [0.5, 0.6) is 0 Å². The van der Waals surface area contributed by atoms with Gasteiger partial charge in [-0.2, -0.15) is 0 Å². The summed E-state index contributed by atoms with van der Waals surface area (Å²) in [5.41, 5.74) is 0. The second kappa shape index (κ2) is 14.2. The van der Waals surface area contributed by atoms with Gasteiger partial charge in [-0.1, -0.05) is 192 Å². The van der Waals surface area contributed by atoms with Crippen molar-refractivity contribution in [1.29, 1.82) is 0 Å². The van der Waals surface area contributed by atoms with Crippen LogP contribution in [0.15, 0.2) is 182 Å². The molecule has 6 aromatic carbocycles. The van der Waals surface area contributed by atoms with Crippen LogP contribution in [-0.4, -0.2) is 20.4 Å². The van der Waals surface area contributed by atoms with E-state index in [0.29, 0.717) is 11.8 Å². The maximum Gasteiger partial charge on any atom is 0.118 e. The van der Waals surface area contributed by atoms with Crippen LogP contribution in [0.3, 0.4) is 0 Å². The van der Waals surface area contributed by atoms with Crippen LogP contribution < -0.4 is 31.6 Å². The maximum absolute atomic E-state index is 2.45. The van der Waals surface area contributed by atoms with Crippen molar-refractivity contribution in [2.75, 3.05) is 12.3 Å². The average molecular weight is 635 g/mol. The van der Waals surface area contributed by atoms with E-state index in [-0.39, 0.29) is 0 Å². The molecular formula is C42H40P2Si. The summed E-state index contributed by atoms with van der Waals surface area (Å²) >= 11 is 0. The van der Waals surface area contributed by atoms with Crippen LogP contribution >= 0.6 is 15.8 Å². The van der Waals surface area contributed by atoms with Gasteiger partial charge in [-0.3, -0.25) is 0 Å². The zero-order chi connectivity index (χ0) is 30.3. The van der Waals surface area contributed by atoms with Crippen molar-refractivity contribution in [2.45, 2.75) is 12.1 Å². The zero-order valence-corrected chi connectivity index (χ0v) is 28.5. The molecule has 1 aliphatic heterocycles. The molecular weight excluding hydrogens is 594 g/mol. The molecule has 0 spiro atoms. The van der Waals surface area contributed by atoms with E-state index in [9.17, 15) is 0 Å². The third-order valence-electron chi connectivity index (χ3n) is 9.65. The standard InChI is InChI=1S/C42H40P2Si/c1-7-19-37(20-8-1)43(38-21-9-2-10-22-38)31-35-33-45(41-27-15-5-16-28-41,42-29-17-6-18-30-42)34-36(35)32-44(39-23-11-3-12-24-39)40-25-13-4-14-26-40/h1-30,35-36H,31-34H2/t35-,36-/m1/s1. The Bertz CT molecular complexity index is 1530. The zero-order valence-electron chi connectivity index (χ0n) is 25.7. The lowest BCUT2D eigenvalue weighted by molar-refractivity contribution is 0.498. The van der Waals surface area contributed by atoms with Crippen molar-refractivity contribution in [2.24, 2.45) is 11.8 Å². The molecule has 45 heavy (non-hydrogen) atoms. The van der Waals surface area contributed by atoms with Gasteiger partial charge in [0.25, 0.3) is 0 Å². The topological polar surface area (TPSA) is 0 Å². The fraction of sp³-hybridized carbons (Fsp3) is 0.143. The Morgan fingerprint density at radius 1 is 0.356 bits per heavy atom. The minimum absolute atomic E-state index is 0.472. The van der Waals surface area contributed by atoms with E-state index in [1.807, 2.05) is 0 Å². The Morgan fingerprint density at radius 2 is 0.600 bits per heavy atom. The molecule has 0 saturated carbocycles. The first kappa shape index (κ1) is 30.1. The Labute approximate surface area is 272 Å². The summed E-state index contributed by atoms with van der Waals surface area (Å²) in [4.78, 5) is 0. The normalized spacial score (nSPS) is 17.5. The second-order valence-electron chi connectivity index (χ2n) is 12.3. The molecule has 7 rings (SSSR count). The summed E-state index contributed by atoms with van der Waals surface area (Å²) in [5, 5.41) is 9.23. The predicted octanol–water partition coefficient (Wildman–Crippen LogP) is 7.76. The highest BCUT2D eigenvalue weighted by Crippen LogP contribution is 2.51. The molecule has 222 valence electrons. The predicted molar refractivity (Wildman–Crippen MR) is 202 cm³/mol. The first-order valence-corrected chi connectivity index (χ1v) is 21.6. The molecule has 0 unspecified atom stereocenters. The average Bonchev–Trinajstić information content (AvgIpc) is 3.50. The van der Waals surface area contributed by atoms with Gasteiger partial charge in [0.2, 0.25) is 0 Å². The monoisotopic (exact) mass is 634 g/mol. The molecule has 0 N–H and O–H groups in total. The van der Waals surface area contributed by atoms with Crippen molar-refractivity contribution in [3.63, 3.8) is 0 Å². The van der Waals surface area contributed by atoms with Gasteiger partial charge in [-0.25, -0.2) is 0 Å². The third kappa shape index (κ3) is 6.68. The molecule has 0 amide bonds. The van der Waals surface area contributed by atoms with Crippen LogP contribution in [0, 0.1) is 11.8 Å². The van der Waals surface area contributed by atoms with Gasteiger partial charge in [0.1, 0.15) is 8.07 Å². The van der Waals surface area contributed by atoms with E-state index in [2.05, 4.69) is 182 Å². The van der Waals surface area contributed by atoms with Crippen molar-refractivity contribution >= 4 is 55.5 Å². The van der Waals surface area contributed by atoms with E-state index in [4.69, 9.17) is 0 Å². The quantitative estimate of drug-likeness (QED) is 0.107. The van der Waals surface area contributed by atoms with Crippen molar-refractivity contribution in [3.8, 4) is 0 Å². The summed E-state index contributed by atoms with van der Waals surface area (Å²) in [7, 11) is -2.97. The van der Waals surface area contributed by atoms with Crippen LogP contribution in [0.2, 0.25) is 12.1 Å². The molecule has 0 nitrogen and oxygen atoms in total. The summed E-state index contributed by atoms with van der Waals surface area (Å²) in [6, 6.07) is 71.5. The number of rotatable bonds is 10. The lowest BCUT2D eigenvalue weighted by Gasteiger charge is -2.29. The smallest absolute Gasteiger partial charge is 0.0626 e. The summed E-state index contributed by atoms with van der Waals surface area (Å²) < 4.78 is 0. The summed E-state index contributed by atoms with van der Waals surface area (Å²) in [5.74, 6) is 1.31. The number of hydrogen-bond acceptors (Lipinski definition) is 0. The number of hydrogen-bond donors (Lipinski definition) is 0. The van der Waals surface area contributed by atoms with E-state index in [0.717, 1.165) is 0 Å². The van der Waals surface area contributed by atoms with Crippen molar-refractivity contribution < 1.29 is 0 Å². The minimum atomic E-state index is -2.03. The summed E-state index contributed by atoms with van der Waals surface area (Å²) in [6.45, 7) is 0. The van der Waals surface area contributed by atoms with Crippen LogP contribution in [0.4, 0.5) is 0 Å². The van der Waals surface area contributed by atoms with Gasteiger partial charge in [0.05, 0.1) is 0 Å². The van der Waals surface area contributed by atoms with Gasteiger partial charge in [0, 0.05) is 0 Å². The van der Waals surface area contributed by atoms with E-state index in [1.54, 1.807) is 10.4 Å². The molecule has 1 fully saturated rings. The van der Waals surface area contributed by atoms with Crippen LogP contribution in [0.1, 0.15) is 0 Å². The fourth-order valence-corrected chi connectivity index (χ4v) is 19.2. The lowest BCUT2D eigenvalue weighted by atomic mass is 10.0. The highest BCUT2D eigenvalue weighted by Gasteiger charge is 2.50. The van der Waals surface area contributed by atoms with Gasteiger partial charge < -0.3 is 0 Å². The van der Waals surface area contributed by atoms with E-state index >= 15 is 0 Å². The Kier molecular flexibility index (Phi) is 9.50. The SMILES string of the molecule is c1ccc(P(C[C@@H]2C[Si](c3ccccc3)(c3ccccc3)C[C@H]2CP(c2ccccc2)c2ccccc2)c2ccccc2)cc1. The Balaban J connectivity index is 1.34. The molecule has 0 aliphatic carbocycles. The second-order valence-corrected chi connectivity index (χ2v) is 20.9. The highest BCUT2D eigenvalue weighted by atomic mass is 31.1. The molecule has 0 radical (unpaired) electrons. The maximum atomic E-state index is 2.45. The largest absolute Gasteiger partial charge is 0.118 e. The molecule has 6 aromatic rings. The highest BCUT2D eigenvalue weighted by molar-refractivity contribution is 7.73. The molecule has 0 aromatic heterocycles. The minimum Gasteiger partial charge on any atom is -0.0626 e. The van der Waals surface area contributed by atoms with Crippen molar-refractivity contribution in [1.82, 2.24) is 0 Å².